The summed E-state index contributed by atoms with van der Waals surface area (Å²) >= 11 is 1.69. The van der Waals surface area contributed by atoms with E-state index in [1.165, 1.54) is 25.7 Å². The maximum atomic E-state index is 4.40. The van der Waals surface area contributed by atoms with Crippen LogP contribution in [0.1, 0.15) is 58.7 Å². The summed E-state index contributed by atoms with van der Waals surface area (Å²) in [5.41, 5.74) is 0. The number of nitrogens with one attached hydrogen (secondary N) is 1. The van der Waals surface area contributed by atoms with E-state index >= 15 is 0 Å². The molecular weight excluding hydrogens is 292 g/mol. The summed E-state index contributed by atoms with van der Waals surface area (Å²) in [5, 5.41) is 13.5. The molecule has 1 aliphatic rings. The third-order valence-electron chi connectivity index (χ3n) is 4.55. The van der Waals surface area contributed by atoms with Gasteiger partial charge in [-0.25, -0.2) is 0 Å². The van der Waals surface area contributed by atoms with Crippen molar-refractivity contribution in [3.05, 3.63) is 5.82 Å². The van der Waals surface area contributed by atoms with Gasteiger partial charge in [0.1, 0.15) is 5.82 Å². The average Bonchev–Trinajstić information content (AvgIpc) is 2.87. The number of hydrogen-bond acceptors (Lipinski definition) is 4. The number of rotatable bonds is 8. The second kappa shape index (κ2) is 8.92. The molecule has 0 saturated heterocycles. The van der Waals surface area contributed by atoms with Gasteiger partial charge in [0.2, 0.25) is 0 Å². The molecule has 4 nitrogen and oxygen atoms in total. The van der Waals surface area contributed by atoms with E-state index in [9.17, 15) is 0 Å². The summed E-state index contributed by atoms with van der Waals surface area (Å²) in [6.07, 6.45) is 9.72. The zero-order chi connectivity index (χ0) is 15.9. The SMILES string of the molecule is CSc1nnc(CCCNC2CCC(C)CC2)n1CC(C)C. The van der Waals surface area contributed by atoms with Crippen LogP contribution in [0, 0.1) is 11.8 Å². The predicted octanol–water partition coefficient (Wildman–Crippen LogP) is 3.76. The lowest BCUT2D eigenvalue weighted by Crippen LogP contribution is -2.33. The number of aromatic nitrogens is 3. The molecule has 0 spiro atoms. The van der Waals surface area contributed by atoms with Gasteiger partial charge in [-0.1, -0.05) is 32.5 Å². The van der Waals surface area contributed by atoms with Crippen LogP contribution in [0.3, 0.4) is 0 Å². The maximum Gasteiger partial charge on any atom is 0.190 e. The van der Waals surface area contributed by atoms with Gasteiger partial charge in [-0.2, -0.15) is 0 Å². The molecule has 0 bridgehead atoms. The Labute approximate surface area is 139 Å². The van der Waals surface area contributed by atoms with Crippen LogP contribution in [0.5, 0.6) is 0 Å². The van der Waals surface area contributed by atoms with Gasteiger partial charge < -0.3 is 9.88 Å². The number of aryl methyl sites for hydroxylation is 1. The third kappa shape index (κ3) is 5.27. The molecule has 2 rings (SSSR count). The molecule has 1 aromatic rings. The summed E-state index contributed by atoms with van der Waals surface area (Å²) in [6, 6.07) is 0.742. The van der Waals surface area contributed by atoms with Crippen molar-refractivity contribution in [1.29, 1.82) is 0 Å². The molecule has 0 radical (unpaired) electrons. The van der Waals surface area contributed by atoms with Gasteiger partial charge in [0.05, 0.1) is 0 Å². The second-order valence-electron chi connectivity index (χ2n) is 7.12. The topological polar surface area (TPSA) is 42.7 Å². The molecule has 0 aromatic carbocycles. The normalized spacial score (nSPS) is 22.4. The van der Waals surface area contributed by atoms with Crippen LogP contribution in [-0.4, -0.2) is 33.6 Å². The summed E-state index contributed by atoms with van der Waals surface area (Å²) in [7, 11) is 0. The number of hydrogen-bond donors (Lipinski definition) is 1. The smallest absolute Gasteiger partial charge is 0.190 e. The Morgan fingerprint density at radius 2 is 1.95 bits per heavy atom. The van der Waals surface area contributed by atoms with Gasteiger partial charge in [0.25, 0.3) is 0 Å². The van der Waals surface area contributed by atoms with Crippen molar-refractivity contribution >= 4 is 11.8 Å². The van der Waals surface area contributed by atoms with E-state index in [0.29, 0.717) is 5.92 Å². The van der Waals surface area contributed by atoms with Crippen LogP contribution in [0.25, 0.3) is 0 Å². The Bertz CT molecular complexity index is 436. The van der Waals surface area contributed by atoms with E-state index in [0.717, 1.165) is 48.9 Å². The first-order valence-electron chi connectivity index (χ1n) is 8.79. The lowest BCUT2D eigenvalue weighted by Gasteiger charge is -2.27. The van der Waals surface area contributed by atoms with E-state index in [1.54, 1.807) is 11.8 Å². The second-order valence-corrected chi connectivity index (χ2v) is 7.90. The van der Waals surface area contributed by atoms with E-state index < -0.39 is 0 Å². The quantitative estimate of drug-likeness (QED) is 0.584. The van der Waals surface area contributed by atoms with E-state index in [2.05, 4.69) is 47.1 Å². The van der Waals surface area contributed by atoms with Crippen molar-refractivity contribution < 1.29 is 0 Å². The molecule has 0 atom stereocenters. The van der Waals surface area contributed by atoms with Crippen LogP contribution in [-0.2, 0) is 13.0 Å². The first-order chi connectivity index (χ1) is 10.6. The summed E-state index contributed by atoms with van der Waals surface area (Å²) in [4.78, 5) is 0. The zero-order valence-electron chi connectivity index (χ0n) is 14.6. The van der Waals surface area contributed by atoms with Crippen LogP contribution >= 0.6 is 11.8 Å². The third-order valence-corrected chi connectivity index (χ3v) is 5.22. The van der Waals surface area contributed by atoms with Crippen LogP contribution in [0.2, 0.25) is 0 Å². The Hall–Kier alpha value is -0.550. The summed E-state index contributed by atoms with van der Waals surface area (Å²) < 4.78 is 2.30. The van der Waals surface area contributed by atoms with Crippen LogP contribution < -0.4 is 5.32 Å². The van der Waals surface area contributed by atoms with Crippen molar-refractivity contribution in [2.45, 2.75) is 77.0 Å². The molecule has 22 heavy (non-hydrogen) atoms. The minimum Gasteiger partial charge on any atom is -0.314 e. The fourth-order valence-corrected chi connectivity index (χ4v) is 3.74. The summed E-state index contributed by atoms with van der Waals surface area (Å²) in [6.45, 7) is 8.99. The Balaban J connectivity index is 1.75. The Morgan fingerprint density at radius 1 is 1.23 bits per heavy atom. The minimum absolute atomic E-state index is 0.628. The van der Waals surface area contributed by atoms with Gasteiger partial charge in [0, 0.05) is 19.0 Å². The molecule has 1 saturated carbocycles. The lowest BCUT2D eigenvalue weighted by molar-refractivity contribution is 0.307. The highest BCUT2D eigenvalue weighted by atomic mass is 32.2. The Kier molecular flexibility index (Phi) is 7.22. The molecular formula is C17H32N4S. The fourth-order valence-electron chi connectivity index (χ4n) is 3.22. The predicted molar refractivity (Wildman–Crippen MR) is 94.4 cm³/mol. The molecule has 1 aromatic heterocycles. The van der Waals surface area contributed by atoms with Gasteiger partial charge in [-0.15, -0.1) is 10.2 Å². The Morgan fingerprint density at radius 3 is 2.59 bits per heavy atom. The molecule has 126 valence electrons. The van der Waals surface area contributed by atoms with Gasteiger partial charge >= 0.3 is 0 Å². The van der Waals surface area contributed by atoms with Gasteiger partial charge in [0.15, 0.2) is 5.16 Å². The number of nitrogens with zero attached hydrogens (tertiary/aromatic N) is 3. The molecule has 1 heterocycles. The molecule has 0 amide bonds. The highest BCUT2D eigenvalue weighted by molar-refractivity contribution is 7.98. The first-order valence-corrected chi connectivity index (χ1v) is 10.0. The maximum absolute atomic E-state index is 4.40. The van der Waals surface area contributed by atoms with Crippen molar-refractivity contribution in [3.63, 3.8) is 0 Å². The van der Waals surface area contributed by atoms with Crippen molar-refractivity contribution in [1.82, 2.24) is 20.1 Å². The fraction of sp³-hybridized carbons (Fsp3) is 0.882. The first kappa shape index (κ1) is 17.8. The van der Waals surface area contributed by atoms with E-state index in [4.69, 9.17) is 0 Å². The van der Waals surface area contributed by atoms with E-state index in [-0.39, 0.29) is 0 Å². The monoisotopic (exact) mass is 324 g/mol. The lowest BCUT2D eigenvalue weighted by atomic mass is 9.87. The van der Waals surface area contributed by atoms with Crippen molar-refractivity contribution in [3.8, 4) is 0 Å². The van der Waals surface area contributed by atoms with Gasteiger partial charge in [-0.3, -0.25) is 0 Å². The molecule has 1 N–H and O–H groups in total. The standard InChI is InChI=1S/C17H32N4S/c1-13(2)12-21-16(19-20-17(21)22-4)6-5-11-18-15-9-7-14(3)8-10-15/h13-15,18H,5-12H2,1-4H3. The van der Waals surface area contributed by atoms with Gasteiger partial charge in [-0.05, 0) is 56.7 Å². The van der Waals surface area contributed by atoms with Crippen molar-refractivity contribution in [2.24, 2.45) is 11.8 Å². The number of thioether (sulfide) groups is 1. The minimum atomic E-state index is 0.628. The zero-order valence-corrected chi connectivity index (χ0v) is 15.5. The summed E-state index contributed by atoms with van der Waals surface area (Å²) in [5.74, 6) is 2.71. The largest absolute Gasteiger partial charge is 0.314 e. The molecule has 5 heteroatoms. The van der Waals surface area contributed by atoms with E-state index in [1.807, 2.05) is 0 Å². The van der Waals surface area contributed by atoms with Crippen molar-refractivity contribution in [2.75, 3.05) is 12.8 Å². The highest BCUT2D eigenvalue weighted by Crippen LogP contribution is 2.23. The van der Waals surface area contributed by atoms with Crippen LogP contribution in [0.4, 0.5) is 0 Å². The van der Waals surface area contributed by atoms with Crippen LogP contribution in [0.15, 0.2) is 5.16 Å². The molecule has 1 fully saturated rings. The molecule has 0 unspecified atom stereocenters. The average molecular weight is 325 g/mol. The highest BCUT2D eigenvalue weighted by Gasteiger charge is 2.17. The molecule has 0 aliphatic heterocycles. The molecule has 1 aliphatic carbocycles.